The van der Waals surface area contributed by atoms with Gasteiger partial charge in [0.2, 0.25) is 0 Å². The molecule has 17 aromatic carbocycles. The first-order valence-electron chi connectivity index (χ1n) is 35.4. The van der Waals surface area contributed by atoms with Crippen molar-refractivity contribution in [1.82, 2.24) is 18.3 Å². The zero-order chi connectivity index (χ0) is 66.4. The van der Waals surface area contributed by atoms with E-state index in [2.05, 4.69) is 370 Å². The Bertz CT molecular complexity index is 7190. The van der Waals surface area contributed by atoms with Crippen molar-refractivity contribution in [2.45, 2.75) is 0 Å². The van der Waals surface area contributed by atoms with Crippen LogP contribution in [0.1, 0.15) is 0 Å². The molecule has 0 amide bonds. The Morgan fingerprint density at radius 3 is 1.18 bits per heavy atom. The van der Waals surface area contributed by atoms with Crippen LogP contribution in [-0.2, 0) is 0 Å². The number of para-hydroxylation sites is 5. The van der Waals surface area contributed by atoms with Gasteiger partial charge in [0.05, 0.1) is 49.8 Å². The van der Waals surface area contributed by atoms with E-state index in [9.17, 15) is 0 Å². The van der Waals surface area contributed by atoms with Crippen molar-refractivity contribution >= 4 is 109 Å². The minimum absolute atomic E-state index is 1.12. The first-order chi connectivity index (χ1) is 50.6. The third-order valence-corrected chi connectivity index (χ3v) is 22.7. The summed E-state index contributed by atoms with van der Waals surface area (Å²) in [6.07, 6.45) is 0. The highest BCUT2D eigenvalue weighted by Crippen LogP contribution is 2.53. The van der Waals surface area contributed by atoms with Crippen LogP contribution in [0.3, 0.4) is 0 Å². The maximum absolute atomic E-state index is 2.51. The number of benzene rings is 17. The maximum atomic E-state index is 2.51. The van der Waals surface area contributed by atoms with E-state index < -0.39 is 0 Å². The molecule has 0 aliphatic heterocycles. The summed E-state index contributed by atoms with van der Waals surface area (Å²) in [5.41, 5.74) is 34.0. The first-order valence-corrected chi connectivity index (χ1v) is 35.4. The average Bonchev–Trinajstić information content (AvgIpc) is 1.55. The van der Waals surface area contributed by atoms with Gasteiger partial charge in [-0.1, -0.05) is 243 Å². The molecule has 0 atom stereocenters. The third kappa shape index (κ3) is 7.75. The highest BCUT2D eigenvalue weighted by Gasteiger charge is 2.28. The Balaban J connectivity index is 0.660. The van der Waals surface area contributed by atoms with Gasteiger partial charge < -0.3 is 18.3 Å². The van der Waals surface area contributed by atoms with E-state index in [0.717, 1.165) is 22.6 Å². The largest absolute Gasteiger partial charge is 0.309 e. The summed E-state index contributed by atoms with van der Waals surface area (Å²) < 4.78 is 9.83. The minimum Gasteiger partial charge on any atom is -0.309 e. The second kappa shape index (κ2) is 21.0. The third-order valence-electron chi connectivity index (χ3n) is 22.7. The smallest absolute Gasteiger partial charge is 0.0547 e. The molecule has 0 saturated carbocycles. The van der Waals surface area contributed by atoms with Gasteiger partial charge in [-0.15, -0.1) is 0 Å². The number of rotatable bonds is 8. The zero-order valence-corrected chi connectivity index (χ0v) is 55.3. The van der Waals surface area contributed by atoms with Crippen LogP contribution in [0.2, 0.25) is 0 Å². The van der Waals surface area contributed by atoms with Crippen molar-refractivity contribution < 1.29 is 0 Å². The number of fused-ring (bicyclic) bond motifs is 18. The molecule has 0 spiro atoms. The van der Waals surface area contributed by atoms with Crippen LogP contribution in [0, 0.1) is 0 Å². The predicted molar refractivity (Wildman–Crippen MR) is 429 cm³/mol. The van der Waals surface area contributed by atoms with E-state index in [0.29, 0.717) is 0 Å². The monoisotopic (exact) mass is 1290 g/mol. The molecule has 0 bridgehead atoms. The van der Waals surface area contributed by atoms with Gasteiger partial charge in [-0.3, -0.25) is 0 Å². The number of hydrogen-bond acceptors (Lipinski definition) is 0. The summed E-state index contributed by atoms with van der Waals surface area (Å²) in [7, 11) is 0. The molecule has 0 unspecified atom stereocenters. The van der Waals surface area contributed by atoms with Crippen LogP contribution in [-0.4, -0.2) is 18.3 Å². The highest BCUT2D eigenvalue weighted by atomic mass is 15.0. The second-order valence-corrected chi connectivity index (χ2v) is 27.8. The summed E-state index contributed by atoms with van der Waals surface area (Å²) in [5, 5.41) is 15.1. The standard InChI is InChI=1S/C98H58N4/c1-3-18-65(19-4-1)99-88-33-13-10-25-74(88)85-54-60(41-51-91(85)99)63-39-47-83-95(58-63)101(67-43-36-59(37-44-67)68-48-49-80-71-23-8-7-22-70(71)78-29-15-28-77(68)96(78)80)93-35-17-27-69(98(83)93)64-40-45-72-81-50-53-90(82-31-16-30-79(97(81)82)84(72)56-64)102-89-34-14-11-26-75(89)86-55-61(42-52-92(86)102)62-38-46-76-73-24-9-12-32-87(73)100(94(76)57-62)66-20-5-2-6-21-66/h1-58H. The molecule has 21 aromatic rings. The molecule has 4 heteroatoms. The van der Waals surface area contributed by atoms with E-state index in [1.54, 1.807) is 0 Å². The van der Waals surface area contributed by atoms with E-state index in [-0.39, 0.29) is 0 Å². The fraction of sp³-hybridized carbons (Fsp3) is 0. The Labute approximate surface area is 586 Å². The van der Waals surface area contributed by atoms with Crippen molar-refractivity contribution in [2.24, 2.45) is 0 Å². The van der Waals surface area contributed by atoms with Crippen molar-refractivity contribution in [2.75, 3.05) is 0 Å². The molecule has 470 valence electrons. The number of hydrogen-bond donors (Lipinski definition) is 0. The topological polar surface area (TPSA) is 19.7 Å². The van der Waals surface area contributed by atoms with E-state index in [1.807, 2.05) is 0 Å². The molecule has 0 saturated heterocycles. The molecule has 23 rings (SSSR count). The van der Waals surface area contributed by atoms with Gasteiger partial charge >= 0.3 is 0 Å². The minimum atomic E-state index is 1.12. The van der Waals surface area contributed by atoms with Gasteiger partial charge in [-0.25, -0.2) is 0 Å². The normalized spacial score (nSPS) is 12.3. The molecule has 102 heavy (non-hydrogen) atoms. The van der Waals surface area contributed by atoms with E-state index in [4.69, 9.17) is 0 Å². The fourth-order valence-corrected chi connectivity index (χ4v) is 18.2. The zero-order valence-electron chi connectivity index (χ0n) is 55.3. The SMILES string of the molecule is c1ccc(-n2c3ccccc3c3cc(-c4ccc5c6c(-c7ccc8c(c7)-c7cccc9c(-n%10c%11ccccc%11c%11cc(-c%12ccc%13c%14ccccc%14n(-c%14ccccc%14)c%13c%12)ccc%11%10)ccc-8c79)cccc6n(-c6ccc(-c7ccc8c9c(cccc79)-c7ccccc7-8)cc6)c5c4)ccc32)cc1. The molecule has 0 radical (unpaired) electrons. The maximum Gasteiger partial charge on any atom is 0.0547 e. The molecule has 0 N–H and O–H groups in total. The summed E-state index contributed by atoms with van der Waals surface area (Å²) >= 11 is 0. The summed E-state index contributed by atoms with van der Waals surface area (Å²) in [6, 6.07) is 132. The van der Waals surface area contributed by atoms with Gasteiger partial charge in [-0.05, 0) is 214 Å². The van der Waals surface area contributed by atoms with Crippen LogP contribution in [0.5, 0.6) is 0 Å². The van der Waals surface area contributed by atoms with Crippen LogP contribution in [0.4, 0.5) is 0 Å². The van der Waals surface area contributed by atoms with Gasteiger partial charge in [-0.2, -0.15) is 0 Å². The quantitative estimate of drug-likeness (QED) is 0.144. The summed E-state index contributed by atoms with van der Waals surface area (Å²) in [6.45, 7) is 0. The molecular weight excluding hydrogens is 1230 g/mol. The summed E-state index contributed by atoms with van der Waals surface area (Å²) in [5.74, 6) is 0. The van der Waals surface area contributed by atoms with Gasteiger partial charge in [0.1, 0.15) is 0 Å². The van der Waals surface area contributed by atoms with Crippen LogP contribution in [0.15, 0.2) is 352 Å². The lowest BCUT2D eigenvalue weighted by molar-refractivity contribution is 1.18. The van der Waals surface area contributed by atoms with Crippen molar-refractivity contribution in [3.8, 4) is 112 Å². The fourth-order valence-electron chi connectivity index (χ4n) is 18.2. The summed E-state index contributed by atoms with van der Waals surface area (Å²) in [4.78, 5) is 0. The molecule has 4 aromatic heterocycles. The van der Waals surface area contributed by atoms with Gasteiger partial charge in [0.25, 0.3) is 0 Å². The van der Waals surface area contributed by atoms with Crippen LogP contribution < -0.4 is 0 Å². The number of nitrogens with zero attached hydrogens (tertiary/aromatic N) is 4. The molecule has 0 fully saturated rings. The molecule has 4 nitrogen and oxygen atoms in total. The van der Waals surface area contributed by atoms with Crippen LogP contribution >= 0.6 is 0 Å². The van der Waals surface area contributed by atoms with Crippen molar-refractivity contribution in [1.29, 1.82) is 0 Å². The molecule has 2 aliphatic rings. The first kappa shape index (κ1) is 55.5. The van der Waals surface area contributed by atoms with E-state index >= 15 is 0 Å². The Morgan fingerprint density at radius 1 is 0.137 bits per heavy atom. The Kier molecular flexibility index (Phi) is 11.4. The van der Waals surface area contributed by atoms with Crippen molar-refractivity contribution in [3.63, 3.8) is 0 Å². The van der Waals surface area contributed by atoms with Crippen LogP contribution in [0.25, 0.3) is 221 Å². The Hall–Kier alpha value is -13.5. The predicted octanol–water partition coefficient (Wildman–Crippen LogP) is 26.3. The molecular formula is C98H58N4. The average molecular weight is 1290 g/mol. The highest BCUT2D eigenvalue weighted by molar-refractivity contribution is 6.23. The lowest BCUT2D eigenvalue weighted by atomic mass is 9.94. The Morgan fingerprint density at radius 2 is 0.510 bits per heavy atom. The molecule has 4 heterocycles. The van der Waals surface area contributed by atoms with E-state index in [1.165, 1.54) is 198 Å². The second-order valence-electron chi connectivity index (χ2n) is 27.8. The number of aromatic nitrogens is 4. The van der Waals surface area contributed by atoms with Crippen molar-refractivity contribution in [3.05, 3.63) is 352 Å². The van der Waals surface area contributed by atoms with Gasteiger partial charge in [0.15, 0.2) is 0 Å². The molecule has 2 aliphatic carbocycles. The lowest BCUT2D eigenvalue weighted by Crippen LogP contribution is -1.96. The van der Waals surface area contributed by atoms with Gasteiger partial charge in [0, 0.05) is 65.5 Å². The lowest BCUT2D eigenvalue weighted by Gasteiger charge is -2.13.